The molecular weight excluding hydrogens is 198 g/mol. The molecule has 0 spiro atoms. The van der Waals surface area contributed by atoms with Gasteiger partial charge in [0.15, 0.2) is 0 Å². The molecule has 0 aromatic heterocycles. The first kappa shape index (κ1) is 11.3. The van der Waals surface area contributed by atoms with E-state index in [0.717, 1.165) is 32.5 Å². The molecule has 1 unspecified atom stereocenters. The van der Waals surface area contributed by atoms with Crippen LogP contribution in [0.1, 0.15) is 12.8 Å². The number of rotatable bonds is 4. The summed E-state index contributed by atoms with van der Waals surface area (Å²) < 4.78 is 0. The fraction of sp³-hybridized carbons (Fsp3) is 0.538. The molecule has 1 atom stereocenters. The monoisotopic (exact) mass is 217 g/mol. The first-order valence-electron chi connectivity index (χ1n) is 5.91. The van der Waals surface area contributed by atoms with Gasteiger partial charge in [0, 0.05) is 31.6 Å². The van der Waals surface area contributed by atoms with Crippen molar-refractivity contribution in [2.75, 3.05) is 26.7 Å². The van der Waals surface area contributed by atoms with Crippen LogP contribution in [-0.4, -0.2) is 49.5 Å². The average Bonchev–Trinajstić information content (AvgIpc) is 2.31. The van der Waals surface area contributed by atoms with Gasteiger partial charge in [0.1, 0.15) is 0 Å². The highest BCUT2D eigenvalue weighted by Crippen LogP contribution is 2.06. The molecule has 2 heterocycles. The van der Waals surface area contributed by atoms with Gasteiger partial charge in [-0.05, 0) is 32.0 Å². The lowest BCUT2D eigenvalue weighted by molar-refractivity contribution is 0.351. The van der Waals surface area contributed by atoms with Gasteiger partial charge in [-0.15, -0.1) is 0 Å². The summed E-state index contributed by atoms with van der Waals surface area (Å²) in [5, 5.41) is 0. The van der Waals surface area contributed by atoms with Crippen LogP contribution in [0, 0.1) is 0 Å². The maximum Gasteiger partial charge on any atom is 0.0660 e. The third kappa shape index (κ3) is 3.42. The van der Waals surface area contributed by atoms with Gasteiger partial charge in [-0.3, -0.25) is 14.9 Å². The molecule has 86 valence electrons. The Kier molecular flexibility index (Phi) is 4.05. The van der Waals surface area contributed by atoms with Gasteiger partial charge < -0.3 is 0 Å². The van der Waals surface area contributed by atoms with Crippen LogP contribution in [0.2, 0.25) is 0 Å². The van der Waals surface area contributed by atoms with Gasteiger partial charge in [0.2, 0.25) is 0 Å². The predicted octanol–water partition coefficient (Wildman–Crippen LogP) is 1.72. The van der Waals surface area contributed by atoms with Crippen molar-refractivity contribution in [2.45, 2.75) is 18.9 Å². The minimum Gasteiger partial charge on any atom is -0.298 e. The van der Waals surface area contributed by atoms with E-state index in [0.29, 0.717) is 6.04 Å². The molecule has 3 heteroatoms. The quantitative estimate of drug-likeness (QED) is 0.704. The number of hydrogen-bond donors (Lipinski definition) is 0. The van der Waals surface area contributed by atoms with Crippen LogP contribution in [0.15, 0.2) is 34.3 Å². The van der Waals surface area contributed by atoms with E-state index in [1.165, 1.54) is 5.71 Å². The van der Waals surface area contributed by atoms with Crippen molar-refractivity contribution >= 4 is 11.9 Å². The summed E-state index contributed by atoms with van der Waals surface area (Å²) in [6.45, 7) is 2.89. The van der Waals surface area contributed by atoms with E-state index in [1.807, 2.05) is 12.3 Å². The number of dihydropyridines is 2. The van der Waals surface area contributed by atoms with E-state index in [9.17, 15) is 0 Å². The Hall–Kier alpha value is -1.22. The zero-order valence-electron chi connectivity index (χ0n) is 9.84. The molecule has 0 fully saturated rings. The molecule has 0 aliphatic carbocycles. The van der Waals surface area contributed by atoms with Gasteiger partial charge in [-0.1, -0.05) is 12.2 Å². The Labute approximate surface area is 97.3 Å². The molecule has 0 amide bonds. The van der Waals surface area contributed by atoms with Crippen LogP contribution < -0.4 is 0 Å². The second kappa shape index (κ2) is 5.75. The summed E-state index contributed by atoms with van der Waals surface area (Å²) in [4.78, 5) is 11.3. The SMILES string of the molecule is CN(CC1=NCCC=C1)CC1CC=CC=N1. The van der Waals surface area contributed by atoms with Crippen molar-refractivity contribution in [1.29, 1.82) is 0 Å². The number of nitrogens with zero attached hydrogens (tertiary/aromatic N) is 3. The van der Waals surface area contributed by atoms with Crippen molar-refractivity contribution in [1.82, 2.24) is 4.90 Å². The summed E-state index contributed by atoms with van der Waals surface area (Å²) in [5.41, 5.74) is 1.20. The van der Waals surface area contributed by atoms with E-state index in [1.54, 1.807) is 0 Å². The third-order valence-corrected chi connectivity index (χ3v) is 2.80. The zero-order valence-corrected chi connectivity index (χ0v) is 9.84. The van der Waals surface area contributed by atoms with E-state index in [4.69, 9.17) is 0 Å². The van der Waals surface area contributed by atoms with Crippen LogP contribution in [0.4, 0.5) is 0 Å². The molecule has 2 aliphatic rings. The molecule has 0 saturated carbocycles. The zero-order chi connectivity index (χ0) is 11.2. The number of aliphatic imine (C=N–C) groups is 2. The van der Waals surface area contributed by atoms with Crippen LogP contribution in [0.5, 0.6) is 0 Å². The summed E-state index contributed by atoms with van der Waals surface area (Å²) in [6.07, 6.45) is 12.6. The van der Waals surface area contributed by atoms with E-state index < -0.39 is 0 Å². The summed E-state index contributed by atoms with van der Waals surface area (Å²) in [7, 11) is 2.14. The first-order valence-corrected chi connectivity index (χ1v) is 5.91. The molecule has 0 bridgehead atoms. The van der Waals surface area contributed by atoms with Crippen molar-refractivity contribution in [2.24, 2.45) is 9.98 Å². The lowest BCUT2D eigenvalue weighted by Crippen LogP contribution is -2.32. The van der Waals surface area contributed by atoms with Crippen molar-refractivity contribution in [3.05, 3.63) is 24.3 Å². The van der Waals surface area contributed by atoms with Crippen molar-refractivity contribution in [3.8, 4) is 0 Å². The largest absolute Gasteiger partial charge is 0.298 e. The summed E-state index contributed by atoms with van der Waals surface area (Å²) in [6, 6.07) is 0.420. The molecular formula is C13H19N3. The number of allylic oxidation sites excluding steroid dienone is 1. The number of likely N-dealkylation sites (N-methyl/N-ethyl adjacent to an activating group) is 1. The maximum atomic E-state index is 4.50. The standard InChI is InChI=1S/C13H19N3/c1-16(10-12-6-2-4-8-14-12)11-13-7-3-5-9-15-13/h2-4,7-8,12H,5-6,9-11H2,1H3. The molecule has 0 aromatic rings. The lowest BCUT2D eigenvalue weighted by atomic mass is 10.1. The van der Waals surface area contributed by atoms with E-state index in [2.05, 4.69) is 40.2 Å². The average molecular weight is 217 g/mol. The fourth-order valence-corrected chi connectivity index (χ4v) is 2.01. The Balaban J connectivity index is 1.77. The molecule has 0 N–H and O–H groups in total. The Morgan fingerprint density at radius 3 is 3.06 bits per heavy atom. The Bertz CT molecular complexity index is 339. The van der Waals surface area contributed by atoms with Gasteiger partial charge in [-0.25, -0.2) is 0 Å². The van der Waals surface area contributed by atoms with Crippen LogP contribution in [-0.2, 0) is 0 Å². The highest BCUT2D eigenvalue weighted by molar-refractivity contribution is 5.97. The fourth-order valence-electron chi connectivity index (χ4n) is 2.01. The highest BCUT2D eigenvalue weighted by Gasteiger charge is 2.11. The molecule has 0 radical (unpaired) electrons. The molecule has 2 rings (SSSR count). The van der Waals surface area contributed by atoms with Gasteiger partial charge in [-0.2, -0.15) is 0 Å². The van der Waals surface area contributed by atoms with Crippen LogP contribution in [0.3, 0.4) is 0 Å². The maximum absolute atomic E-state index is 4.50. The molecule has 2 aliphatic heterocycles. The highest BCUT2D eigenvalue weighted by atomic mass is 15.1. The third-order valence-electron chi connectivity index (χ3n) is 2.80. The molecule has 0 aromatic carbocycles. The van der Waals surface area contributed by atoms with E-state index >= 15 is 0 Å². The van der Waals surface area contributed by atoms with Crippen LogP contribution in [0.25, 0.3) is 0 Å². The summed E-state index contributed by atoms with van der Waals surface area (Å²) >= 11 is 0. The summed E-state index contributed by atoms with van der Waals surface area (Å²) in [5.74, 6) is 0. The van der Waals surface area contributed by atoms with Crippen molar-refractivity contribution in [3.63, 3.8) is 0 Å². The predicted molar refractivity (Wildman–Crippen MR) is 69.6 cm³/mol. The van der Waals surface area contributed by atoms with Crippen LogP contribution >= 0.6 is 0 Å². The lowest BCUT2D eigenvalue weighted by Gasteiger charge is -2.22. The Morgan fingerprint density at radius 2 is 2.38 bits per heavy atom. The second-order valence-corrected chi connectivity index (χ2v) is 4.38. The minimum atomic E-state index is 0.420. The van der Waals surface area contributed by atoms with Gasteiger partial charge >= 0.3 is 0 Å². The van der Waals surface area contributed by atoms with Gasteiger partial charge in [0.25, 0.3) is 0 Å². The number of hydrogen-bond acceptors (Lipinski definition) is 3. The molecule has 16 heavy (non-hydrogen) atoms. The van der Waals surface area contributed by atoms with E-state index in [-0.39, 0.29) is 0 Å². The minimum absolute atomic E-state index is 0.420. The molecule has 0 saturated heterocycles. The van der Waals surface area contributed by atoms with Gasteiger partial charge in [0.05, 0.1) is 6.04 Å². The smallest absolute Gasteiger partial charge is 0.0660 e. The Morgan fingerprint density at radius 1 is 1.44 bits per heavy atom. The molecule has 3 nitrogen and oxygen atoms in total. The topological polar surface area (TPSA) is 28.0 Å². The first-order chi connectivity index (χ1) is 7.84. The normalized spacial score (nSPS) is 23.9. The van der Waals surface area contributed by atoms with Crippen molar-refractivity contribution < 1.29 is 0 Å². The second-order valence-electron chi connectivity index (χ2n) is 4.38.